The summed E-state index contributed by atoms with van der Waals surface area (Å²) in [4.78, 5) is 0. The van der Waals surface area contributed by atoms with Crippen LogP contribution in [0.15, 0.2) is 36.4 Å². The van der Waals surface area contributed by atoms with Crippen molar-refractivity contribution in [3.05, 3.63) is 53.3 Å². The molecule has 1 aromatic heterocycles. The van der Waals surface area contributed by atoms with Gasteiger partial charge in [0.15, 0.2) is 0 Å². The van der Waals surface area contributed by atoms with Gasteiger partial charge in [0.2, 0.25) is 0 Å². The molecular weight excluding hydrogens is 238 g/mol. The van der Waals surface area contributed by atoms with E-state index in [2.05, 4.69) is 23.4 Å². The van der Waals surface area contributed by atoms with Crippen LogP contribution in [-0.4, -0.2) is 21.4 Å². The predicted molar refractivity (Wildman–Crippen MR) is 75.7 cm³/mol. The smallest absolute Gasteiger partial charge is 0.0914 e. The molecule has 1 unspecified atom stereocenters. The van der Waals surface area contributed by atoms with Gasteiger partial charge >= 0.3 is 0 Å². The number of nitrogens with one attached hydrogen (secondary N) is 1. The van der Waals surface area contributed by atoms with Crippen LogP contribution in [0.25, 0.3) is 0 Å². The van der Waals surface area contributed by atoms with Gasteiger partial charge in [0.25, 0.3) is 0 Å². The molecule has 4 nitrogen and oxygen atoms in total. The minimum absolute atomic E-state index is 0.472. The minimum atomic E-state index is -0.472. The van der Waals surface area contributed by atoms with Crippen LogP contribution in [0.4, 0.5) is 0 Å². The molecule has 102 valence electrons. The van der Waals surface area contributed by atoms with E-state index in [0.29, 0.717) is 13.1 Å². The molecule has 2 rings (SSSR count). The number of hydrogen-bond acceptors (Lipinski definition) is 3. The van der Waals surface area contributed by atoms with E-state index in [0.717, 1.165) is 23.4 Å². The lowest BCUT2D eigenvalue weighted by Crippen LogP contribution is -2.22. The van der Waals surface area contributed by atoms with Crippen molar-refractivity contribution in [1.29, 1.82) is 0 Å². The summed E-state index contributed by atoms with van der Waals surface area (Å²) in [6.07, 6.45) is 0.473. The second-order valence-electron chi connectivity index (χ2n) is 4.66. The zero-order valence-corrected chi connectivity index (χ0v) is 11.5. The molecule has 2 N–H and O–H groups in total. The van der Waals surface area contributed by atoms with E-state index in [-0.39, 0.29) is 0 Å². The Morgan fingerprint density at radius 1 is 1.32 bits per heavy atom. The molecule has 0 fully saturated rings. The molecule has 0 spiro atoms. The maximum Gasteiger partial charge on any atom is 0.0914 e. The topological polar surface area (TPSA) is 50.1 Å². The van der Waals surface area contributed by atoms with Gasteiger partial charge in [0.1, 0.15) is 0 Å². The molecule has 0 saturated carbocycles. The maximum atomic E-state index is 10.0. The van der Waals surface area contributed by atoms with Gasteiger partial charge in [-0.3, -0.25) is 4.68 Å². The molecular formula is C15H21N3O. The van der Waals surface area contributed by atoms with Crippen molar-refractivity contribution >= 4 is 0 Å². The van der Waals surface area contributed by atoms with Crippen molar-refractivity contribution < 1.29 is 5.11 Å². The summed E-state index contributed by atoms with van der Waals surface area (Å²) in [5.74, 6) is 0. The Morgan fingerprint density at radius 2 is 2.05 bits per heavy atom. The van der Waals surface area contributed by atoms with Crippen LogP contribution in [0.3, 0.4) is 0 Å². The zero-order chi connectivity index (χ0) is 13.7. The standard InChI is InChI=1S/C15H21N3O/c1-3-13-9-14(18(2)17-13)10-16-11-15(19)12-7-5-4-6-8-12/h4-9,15-16,19H,3,10-11H2,1-2H3. The summed E-state index contributed by atoms with van der Waals surface area (Å²) in [6.45, 7) is 3.35. The Balaban J connectivity index is 1.84. The SMILES string of the molecule is CCc1cc(CNCC(O)c2ccccc2)n(C)n1. The molecule has 0 radical (unpaired) electrons. The molecule has 19 heavy (non-hydrogen) atoms. The molecule has 4 heteroatoms. The van der Waals surface area contributed by atoms with Gasteiger partial charge in [-0.05, 0) is 18.1 Å². The van der Waals surface area contributed by atoms with E-state index < -0.39 is 6.10 Å². The highest BCUT2D eigenvalue weighted by atomic mass is 16.3. The average molecular weight is 259 g/mol. The summed E-state index contributed by atoms with van der Waals surface area (Å²) < 4.78 is 1.89. The Morgan fingerprint density at radius 3 is 2.68 bits per heavy atom. The Bertz CT molecular complexity index is 507. The van der Waals surface area contributed by atoms with Crippen molar-refractivity contribution in [1.82, 2.24) is 15.1 Å². The van der Waals surface area contributed by atoms with Crippen LogP contribution >= 0.6 is 0 Å². The van der Waals surface area contributed by atoms with Crippen molar-refractivity contribution in [3.63, 3.8) is 0 Å². The zero-order valence-electron chi connectivity index (χ0n) is 11.5. The summed E-state index contributed by atoms with van der Waals surface area (Å²) in [6, 6.07) is 11.8. The Hall–Kier alpha value is -1.65. The summed E-state index contributed by atoms with van der Waals surface area (Å²) in [7, 11) is 1.95. The van der Waals surface area contributed by atoms with Crippen molar-refractivity contribution in [3.8, 4) is 0 Å². The third kappa shape index (κ3) is 3.66. The highest BCUT2D eigenvalue weighted by Crippen LogP contribution is 2.11. The van der Waals surface area contributed by atoms with Crippen LogP contribution in [0.1, 0.15) is 30.0 Å². The number of rotatable bonds is 6. The van der Waals surface area contributed by atoms with Gasteiger partial charge in [-0.1, -0.05) is 37.3 Å². The second-order valence-corrected chi connectivity index (χ2v) is 4.66. The second kappa shape index (κ2) is 6.50. The molecule has 0 aliphatic carbocycles. The molecule has 1 aromatic carbocycles. The van der Waals surface area contributed by atoms with Gasteiger partial charge in [-0.15, -0.1) is 0 Å². The molecule has 1 heterocycles. The number of aryl methyl sites for hydroxylation is 2. The van der Waals surface area contributed by atoms with Crippen molar-refractivity contribution in [2.45, 2.75) is 26.0 Å². The number of benzene rings is 1. The summed E-state index contributed by atoms with van der Waals surface area (Å²) in [5.41, 5.74) is 3.18. The molecule has 0 amide bonds. The van der Waals surface area contributed by atoms with Gasteiger partial charge in [0.05, 0.1) is 17.5 Å². The average Bonchev–Trinajstić information content (AvgIpc) is 2.80. The lowest BCUT2D eigenvalue weighted by atomic mass is 10.1. The van der Waals surface area contributed by atoms with Gasteiger partial charge < -0.3 is 10.4 Å². The number of nitrogens with zero attached hydrogens (tertiary/aromatic N) is 2. The van der Waals surface area contributed by atoms with E-state index >= 15 is 0 Å². The first kappa shape index (κ1) is 13.8. The number of aliphatic hydroxyl groups excluding tert-OH is 1. The Kier molecular flexibility index (Phi) is 4.71. The number of aromatic nitrogens is 2. The first-order valence-electron chi connectivity index (χ1n) is 6.66. The van der Waals surface area contributed by atoms with Gasteiger partial charge in [-0.25, -0.2) is 0 Å². The maximum absolute atomic E-state index is 10.0. The quantitative estimate of drug-likeness (QED) is 0.832. The number of aliphatic hydroxyl groups is 1. The van der Waals surface area contributed by atoms with Crippen LogP contribution in [0, 0.1) is 0 Å². The fraction of sp³-hybridized carbons (Fsp3) is 0.400. The first-order chi connectivity index (χ1) is 9.20. The highest BCUT2D eigenvalue weighted by Gasteiger charge is 2.07. The van der Waals surface area contributed by atoms with E-state index in [1.807, 2.05) is 42.1 Å². The molecule has 0 aliphatic rings. The predicted octanol–water partition coefficient (Wildman–Crippen LogP) is 1.81. The monoisotopic (exact) mass is 259 g/mol. The van der Waals surface area contributed by atoms with Crippen molar-refractivity contribution in [2.75, 3.05) is 6.54 Å². The summed E-state index contributed by atoms with van der Waals surface area (Å²) in [5, 5.41) is 17.7. The first-order valence-corrected chi connectivity index (χ1v) is 6.66. The number of hydrogen-bond donors (Lipinski definition) is 2. The largest absolute Gasteiger partial charge is 0.387 e. The third-order valence-corrected chi connectivity index (χ3v) is 3.22. The lowest BCUT2D eigenvalue weighted by Gasteiger charge is -2.12. The Labute approximate surface area is 114 Å². The normalized spacial score (nSPS) is 12.6. The van der Waals surface area contributed by atoms with Gasteiger partial charge in [-0.2, -0.15) is 5.10 Å². The van der Waals surface area contributed by atoms with Gasteiger partial charge in [0, 0.05) is 20.1 Å². The van der Waals surface area contributed by atoms with E-state index in [1.54, 1.807) is 0 Å². The summed E-state index contributed by atoms with van der Waals surface area (Å²) >= 11 is 0. The lowest BCUT2D eigenvalue weighted by molar-refractivity contribution is 0.174. The van der Waals surface area contributed by atoms with Crippen LogP contribution < -0.4 is 5.32 Å². The van der Waals surface area contributed by atoms with E-state index in [4.69, 9.17) is 0 Å². The molecule has 0 saturated heterocycles. The molecule has 0 aliphatic heterocycles. The molecule has 2 aromatic rings. The van der Waals surface area contributed by atoms with E-state index in [1.165, 1.54) is 0 Å². The van der Waals surface area contributed by atoms with Crippen LogP contribution in [0.5, 0.6) is 0 Å². The fourth-order valence-corrected chi connectivity index (χ4v) is 2.04. The highest BCUT2D eigenvalue weighted by molar-refractivity contribution is 5.17. The molecule has 0 bridgehead atoms. The third-order valence-electron chi connectivity index (χ3n) is 3.22. The minimum Gasteiger partial charge on any atom is -0.387 e. The van der Waals surface area contributed by atoms with Crippen LogP contribution in [-0.2, 0) is 20.0 Å². The fourth-order valence-electron chi connectivity index (χ4n) is 2.04. The van der Waals surface area contributed by atoms with Crippen LogP contribution in [0.2, 0.25) is 0 Å². The van der Waals surface area contributed by atoms with E-state index in [9.17, 15) is 5.11 Å². The molecule has 1 atom stereocenters. The van der Waals surface area contributed by atoms with Crippen molar-refractivity contribution in [2.24, 2.45) is 7.05 Å².